The molecule has 118 valence electrons. The van der Waals surface area contributed by atoms with E-state index in [0.717, 1.165) is 49.8 Å². The third-order valence-electron chi connectivity index (χ3n) is 4.61. The predicted octanol–water partition coefficient (Wildman–Crippen LogP) is 1.92. The van der Waals surface area contributed by atoms with E-state index >= 15 is 0 Å². The van der Waals surface area contributed by atoms with Crippen LogP contribution < -0.4 is 16.4 Å². The molecule has 5 nitrogen and oxygen atoms in total. The Kier molecular flexibility index (Phi) is 4.16. The van der Waals surface area contributed by atoms with Crippen molar-refractivity contribution in [3.05, 3.63) is 29.8 Å². The van der Waals surface area contributed by atoms with Gasteiger partial charge in [0.2, 0.25) is 11.8 Å². The van der Waals surface area contributed by atoms with Crippen molar-refractivity contribution in [2.75, 3.05) is 5.32 Å². The van der Waals surface area contributed by atoms with E-state index in [0.29, 0.717) is 6.54 Å². The van der Waals surface area contributed by atoms with Crippen LogP contribution in [0.25, 0.3) is 0 Å². The molecule has 0 atom stereocenters. The van der Waals surface area contributed by atoms with Crippen LogP contribution in [0, 0.1) is 5.92 Å². The highest BCUT2D eigenvalue weighted by Gasteiger charge is 2.45. The van der Waals surface area contributed by atoms with Crippen molar-refractivity contribution in [2.24, 2.45) is 11.7 Å². The molecule has 5 heteroatoms. The fourth-order valence-electron chi connectivity index (χ4n) is 2.91. The molecular formula is C17H23N3O2. The smallest absolute Gasteiger partial charge is 0.240 e. The molecule has 0 bridgehead atoms. The van der Waals surface area contributed by atoms with Crippen LogP contribution in [0.15, 0.2) is 24.3 Å². The molecular weight excluding hydrogens is 278 g/mol. The second-order valence-corrected chi connectivity index (χ2v) is 6.51. The predicted molar refractivity (Wildman–Crippen MR) is 85.0 cm³/mol. The molecule has 0 aromatic heterocycles. The largest absolute Gasteiger partial charge is 0.350 e. The molecule has 0 radical (unpaired) electrons. The van der Waals surface area contributed by atoms with Gasteiger partial charge in [-0.05, 0) is 43.4 Å². The zero-order chi connectivity index (χ0) is 15.6. The van der Waals surface area contributed by atoms with Gasteiger partial charge in [-0.2, -0.15) is 0 Å². The van der Waals surface area contributed by atoms with E-state index in [2.05, 4.69) is 10.6 Å². The molecule has 0 unspecified atom stereocenters. The van der Waals surface area contributed by atoms with Crippen molar-refractivity contribution in [2.45, 2.75) is 50.6 Å². The minimum atomic E-state index is -0.645. The normalized spacial score (nSPS) is 19.7. The Hall–Kier alpha value is -1.88. The minimum Gasteiger partial charge on any atom is -0.350 e. The van der Waals surface area contributed by atoms with Gasteiger partial charge in [0.1, 0.15) is 0 Å². The number of rotatable bonds is 5. The van der Waals surface area contributed by atoms with E-state index < -0.39 is 5.54 Å². The molecule has 2 saturated carbocycles. The number of carbonyl (C=O) groups is 2. The molecule has 2 fully saturated rings. The fourth-order valence-corrected chi connectivity index (χ4v) is 2.91. The summed E-state index contributed by atoms with van der Waals surface area (Å²) in [5, 5.41) is 5.84. The maximum Gasteiger partial charge on any atom is 0.240 e. The summed E-state index contributed by atoms with van der Waals surface area (Å²) in [5.74, 6) is 0.167. The Morgan fingerprint density at radius 2 is 1.95 bits per heavy atom. The molecule has 2 aliphatic rings. The van der Waals surface area contributed by atoms with Crippen molar-refractivity contribution in [1.29, 1.82) is 0 Å². The number of benzene rings is 1. The van der Waals surface area contributed by atoms with E-state index in [1.54, 1.807) is 0 Å². The quantitative estimate of drug-likeness (QED) is 0.777. The zero-order valence-corrected chi connectivity index (χ0v) is 12.7. The van der Waals surface area contributed by atoms with E-state index in [4.69, 9.17) is 5.73 Å². The van der Waals surface area contributed by atoms with Crippen molar-refractivity contribution < 1.29 is 9.59 Å². The van der Waals surface area contributed by atoms with Crippen molar-refractivity contribution >= 4 is 17.5 Å². The van der Waals surface area contributed by atoms with E-state index in [1.165, 1.54) is 0 Å². The third kappa shape index (κ3) is 3.47. The van der Waals surface area contributed by atoms with Gasteiger partial charge in [-0.25, -0.2) is 0 Å². The summed E-state index contributed by atoms with van der Waals surface area (Å²) in [7, 11) is 0. The molecule has 1 aromatic carbocycles. The highest BCUT2D eigenvalue weighted by atomic mass is 16.2. The van der Waals surface area contributed by atoms with Crippen LogP contribution in [0.2, 0.25) is 0 Å². The highest BCUT2D eigenvalue weighted by molar-refractivity contribution is 5.92. The summed E-state index contributed by atoms with van der Waals surface area (Å²) in [6.45, 7) is 0.435. The Bertz CT molecular complexity index is 575. The summed E-state index contributed by atoms with van der Waals surface area (Å²) in [5.41, 5.74) is 6.96. The van der Waals surface area contributed by atoms with Crippen molar-refractivity contribution in [3.63, 3.8) is 0 Å². The lowest BCUT2D eigenvalue weighted by Crippen LogP contribution is -2.42. The van der Waals surface area contributed by atoms with Gasteiger partial charge in [-0.15, -0.1) is 0 Å². The summed E-state index contributed by atoms with van der Waals surface area (Å²) in [6.07, 6.45) is 5.78. The lowest BCUT2D eigenvalue weighted by atomic mass is 10.1. The average molecular weight is 301 g/mol. The number of hydrogen-bond acceptors (Lipinski definition) is 3. The molecule has 4 N–H and O–H groups in total. The number of carbonyl (C=O) groups excluding carboxylic acids is 2. The molecule has 0 aliphatic heterocycles. The van der Waals surface area contributed by atoms with Crippen molar-refractivity contribution in [3.8, 4) is 0 Å². The van der Waals surface area contributed by atoms with Crippen LogP contribution in [0.1, 0.15) is 44.1 Å². The Balaban J connectivity index is 1.55. The Labute approximate surface area is 130 Å². The van der Waals surface area contributed by atoms with Crippen molar-refractivity contribution in [1.82, 2.24) is 5.32 Å². The van der Waals surface area contributed by atoms with Crippen LogP contribution in [-0.4, -0.2) is 17.4 Å². The SMILES string of the molecule is NC1(C(=O)NCc2cccc(NC(=O)C3CCCC3)c2)CC1. The molecule has 22 heavy (non-hydrogen) atoms. The summed E-state index contributed by atoms with van der Waals surface area (Å²) < 4.78 is 0. The summed E-state index contributed by atoms with van der Waals surface area (Å²) in [6, 6.07) is 7.61. The fraction of sp³-hybridized carbons (Fsp3) is 0.529. The second kappa shape index (κ2) is 6.08. The van der Waals surface area contributed by atoms with Crippen LogP contribution in [-0.2, 0) is 16.1 Å². The van der Waals surface area contributed by atoms with Crippen LogP contribution >= 0.6 is 0 Å². The van der Waals surface area contributed by atoms with E-state index in [-0.39, 0.29) is 17.7 Å². The highest BCUT2D eigenvalue weighted by Crippen LogP contribution is 2.32. The van der Waals surface area contributed by atoms with Gasteiger partial charge in [0.05, 0.1) is 5.54 Å². The van der Waals surface area contributed by atoms with Crippen LogP contribution in [0.3, 0.4) is 0 Å². The molecule has 2 aliphatic carbocycles. The first-order valence-corrected chi connectivity index (χ1v) is 8.04. The third-order valence-corrected chi connectivity index (χ3v) is 4.61. The number of nitrogens with one attached hydrogen (secondary N) is 2. The second-order valence-electron chi connectivity index (χ2n) is 6.51. The lowest BCUT2D eigenvalue weighted by Gasteiger charge is -2.13. The summed E-state index contributed by atoms with van der Waals surface area (Å²) >= 11 is 0. The van der Waals surface area contributed by atoms with Crippen LogP contribution in [0.5, 0.6) is 0 Å². The molecule has 2 amide bonds. The zero-order valence-electron chi connectivity index (χ0n) is 12.7. The van der Waals surface area contributed by atoms with Gasteiger partial charge >= 0.3 is 0 Å². The standard InChI is InChI=1S/C17H23N3O2/c18-17(8-9-17)16(22)19-11-12-4-3-7-14(10-12)20-15(21)13-5-1-2-6-13/h3-4,7,10,13H,1-2,5-6,8-9,11,18H2,(H,19,22)(H,20,21). The Morgan fingerprint density at radius 1 is 1.23 bits per heavy atom. The molecule has 0 saturated heterocycles. The first kappa shape index (κ1) is 15.0. The summed E-state index contributed by atoms with van der Waals surface area (Å²) in [4.78, 5) is 24.0. The van der Waals surface area contributed by atoms with E-state index in [9.17, 15) is 9.59 Å². The minimum absolute atomic E-state index is 0.0899. The number of anilines is 1. The number of amides is 2. The molecule has 0 heterocycles. The van der Waals surface area contributed by atoms with Gasteiger partial charge in [-0.1, -0.05) is 25.0 Å². The van der Waals surface area contributed by atoms with Gasteiger partial charge in [0, 0.05) is 18.2 Å². The molecule has 0 spiro atoms. The maximum absolute atomic E-state index is 12.1. The number of nitrogens with two attached hydrogens (primary N) is 1. The van der Waals surface area contributed by atoms with Crippen LogP contribution in [0.4, 0.5) is 5.69 Å². The first-order chi connectivity index (χ1) is 10.6. The van der Waals surface area contributed by atoms with Gasteiger partial charge in [0.15, 0.2) is 0 Å². The topological polar surface area (TPSA) is 84.2 Å². The lowest BCUT2D eigenvalue weighted by molar-refractivity contribution is -0.123. The molecule has 1 aromatic rings. The van der Waals surface area contributed by atoms with Gasteiger partial charge < -0.3 is 16.4 Å². The number of hydrogen-bond donors (Lipinski definition) is 3. The van der Waals surface area contributed by atoms with Gasteiger partial charge in [-0.3, -0.25) is 9.59 Å². The first-order valence-electron chi connectivity index (χ1n) is 8.04. The van der Waals surface area contributed by atoms with E-state index in [1.807, 2.05) is 24.3 Å². The Morgan fingerprint density at radius 3 is 2.64 bits per heavy atom. The average Bonchev–Trinajstić information content (AvgIpc) is 3.05. The monoisotopic (exact) mass is 301 g/mol. The molecule has 3 rings (SSSR count). The van der Waals surface area contributed by atoms with Gasteiger partial charge in [0.25, 0.3) is 0 Å². The maximum atomic E-state index is 12.1.